The Morgan fingerprint density at radius 3 is 2.27 bits per heavy atom. The van der Waals surface area contributed by atoms with Crippen molar-refractivity contribution in [3.63, 3.8) is 0 Å². The molecule has 40 heavy (non-hydrogen) atoms. The highest BCUT2D eigenvalue weighted by molar-refractivity contribution is 6.31. The summed E-state index contributed by atoms with van der Waals surface area (Å²) in [4.78, 5) is 57.8. The average molecular weight is 563 g/mol. The normalized spacial score (nSPS) is 21.3. The Morgan fingerprint density at radius 2 is 1.62 bits per heavy atom. The molecular weight excluding hydrogens is 532 g/mol. The summed E-state index contributed by atoms with van der Waals surface area (Å²) in [7, 11) is 0. The van der Waals surface area contributed by atoms with E-state index in [4.69, 9.17) is 21.1 Å². The first-order valence-corrected chi connectivity index (χ1v) is 13.7. The third kappa shape index (κ3) is 4.13. The molecule has 0 fully saturated rings. The maximum atomic E-state index is 14.4. The van der Waals surface area contributed by atoms with Gasteiger partial charge in [0.15, 0.2) is 11.3 Å². The van der Waals surface area contributed by atoms with E-state index < -0.39 is 28.8 Å². The van der Waals surface area contributed by atoms with Gasteiger partial charge in [0, 0.05) is 34.1 Å². The van der Waals surface area contributed by atoms with Gasteiger partial charge >= 0.3 is 11.9 Å². The molecule has 1 N–H and O–H groups in total. The molecule has 8 nitrogen and oxygen atoms in total. The summed E-state index contributed by atoms with van der Waals surface area (Å²) in [6.07, 6.45) is 0.500. The van der Waals surface area contributed by atoms with Crippen molar-refractivity contribution in [2.45, 2.75) is 53.0 Å². The lowest BCUT2D eigenvalue weighted by Gasteiger charge is -2.50. The monoisotopic (exact) mass is 562 g/mol. The van der Waals surface area contributed by atoms with Crippen molar-refractivity contribution in [1.29, 1.82) is 0 Å². The van der Waals surface area contributed by atoms with Gasteiger partial charge in [-0.2, -0.15) is 0 Å². The van der Waals surface area contributed by atoms with Gasteiger partial charge in [-0.3, -0.25) is 9.59 Å². The van der Waals surface area contributed by atoms with Crippen LogP contribution in [0.1, 0.15) is 51.7 Å². The molecule has 1 atom stereocenters. The number of fused-ring (bicyclic) bond motifs is 2. The lowest BCUT2D eigenvalue weighted by Crippen LogP contribution is -2.59. The number of ether oxygens (including phenoxy) is 2. The Kier molecular flexibility index (Phi) is 6.86. The molecule has 2 aromatic carbocycles. The molecule has 1 amide bonds. The van der Waals surface area contributed by atoms with E-state index >= 15 is 0 Å². The van der Waals surface area contributed by atoms with Crippen molar-refractivity contribution in [2.75, 3.05) is 23.4 Å². The van der Waals surface area contributed by atoms with Crippen LogP contribution in [0.5, 0.6) is 0 Å². The largest absolute Gasteiger partial charge is 0.463 e. The molecule has 0 aromatic heterocycles. The minimum absolute atomic E-state index is 0.00399. The second-order valence-electron chi connectivity index (χ2n) is 11.0. The van der Waals surface area contributed by atoms with Crippen molar-refractivity contribution in [2.24, 2.45) is 5.41 Å². The van der Waals surface area contributed by atoms with Gasteiger partial charge in [0.05, 0.1) is 29.9 Å². The van der Waals surface area contributed by atoms with Gasteiger partial charge in [-0.1, -0.05) is 43.1 Å². The van der Waals surface area contributed by atoms with E-state index in [1.54, 1.807) is 36.9 Å². The zero-order chi connectivity index (χ0) is 29.0. The molecule has 1 unspecified atom stereocenters. The SMILES string of the molecule is CCOC(=O)C1=C(C(=O)OCC)C2(C(=O)Nc3ccc(Cl)cc32)N(c2ccc(C)cc2)C2=C1C(=O)CC(C)(C)C2. The van der Waals surface area contributed by atoms with E-state index in [2.05, 4.69) is 5.32 Å². The highest BCUT2D eigenvalue weighted by Crippen LogP contribution is 2.57. The molecule has 1 aliphatic carbocycles. The zero-order valence-corrected chi connectivity index (χ0v) is 23.9. The van der Waals surface area contributed by atoms with Crippen LogP contribution in [0.2, 0.25) is 5.02 Å². The van der Waals surface area contributed by atoms with Crippen LogP contribution in [-0.4, -0.2) is 36.8 Å². The number of hydrogen-bond acceptors (Lipinski definition) is 7. The van der Waals surface area contributed by atoms with Crippen molar-refractivity contribution in [3.05, 3.63) is 81.0 Å². The average Bonchev–Trinajstić information content (AvgIpc) is 3.15. The third-order valence-corrected chi connectivity index (χ3v) is 7.75. The van der Waals surface area contributed by atoms with Crippen LogP contribution in [0.3, 0.4) is 0 Å². The highest BCUT2D eigenvalue weighted by atomic mass is 35.5. The zero-order valence-electron chi connectivity index (χ0n) is 23.1. The smallest absolute Gasteiger partial charge is 0.339 e. The van der Waals surface area contributed by atoms with Crippen LogP contribution < -0.4 is 10.2 Å². The van der Waals surface area contributed by atoms with Crippen LogP contribution in [0.4, 0.5) is 11.4 Å². The molecule has 1 spiro atoms. The summed E-state index contributed by atoms with van der Waals surface area (Å²) < 4.78 is 10.9. The summed E-state index contributed by atoms with van der Waals surface area (Å²) in [6, 6.07) is 12.3. The molecule has 2 heterocycles. The summed E-state index contributed by atoms with van der Waals surface area (Å²) in [5.41, 5.74) is -0.00252. The van der Waals surface area contributed by atoms with E-state index in [1.807, 2.05) is 45.0 Å². The van der Waals surface area contributed by atoms with Gasteiger partial charge in [-0.25, -0.2) is 9.59 Å². The Morgan fingerprint density at radius 1 is 0.975 bits per heavy atom. The molecule has 0 radical (unpaired) electrons. The first-order valence-electron chi connectivity index (χ1n) is 13.3. The van der Waals surface area contributed by atoms with Crippen molar-refractivity contribution < 1.29 is 28.7 Å². The number of halogens is 1. The number of amides is 1. The lowest BCUT2D eigenvalue weighted by atomic mass is 9.66. The van der Waals surface area contributed by atoms with Crippen LogP contribution in [-0.2, 0) is 34.2 Å². The summed E-state index contributed by atoms with van der Waals surface area (Å²) in [6.45, 7) is 9.12. The summed E-state index contributed by atoms with van der Waals surface area (Å²) in [5.74, 6) is -2.64. The number of rotatable bonds is 5. The van der Waals surface area contributed by atoms with Gasteiger partial charge in [-0.15, -0.1) is 0 Å². The van der Waals surface area contributed by atoms with Crippen molar-refractivity contribution in [3.8, 4) is 0 Å². The molecule has 9 heteroatoms. The molecule has 3 aliphatic rings. The predicted molar refractivity (Wildman–Crippen MR) is 151 cm³/mol. The van der Waals surface area contributed by atoms with Crippen LogP contribution >= 0.6 is 11.6 Å². The molecule has 2 aliphatic heterocycles. The van der Waals surface area contributed by atoms with Crippen molar-refractivity contribution in [1.82, 2.24) is 0 Å². The molecule has 5 rings (SSSR count). The highest BCUT2D eigenvalue weighted by Gasteiger charge is 2.63. The number of Topliss-reactive ketones (excluding diaryl/α,β-unsaturated/α-hetero) is 1. The first kappa shape index (κ1) is 27.6. The van der Waals surface area contributed by atoms with E-state index in [0.717, 1.165) is 5.56 Å². The van der Waals surface area contributed by atoms with Crippen molar-refractivity contribution >= 4 is 46.6 Å². The number of benzene rings is 2. The number of carbonyl (C=O) groups excluding carboxylic acids is 4. The Labute approximate surface area is 238 Å². The Bertz CT molecular complexity index is 1520. The predicted octanol–water partition coefficient (Wildman–Crippen LogP) is 5.38. The molecule has 0 saturated carbocycles. The molecule has 2 aromatic rings. The second kappa shape index (κ2) is 9.93. The number of carbonyl (C=O) groups is 4. The van der Waals surface area contributed by atoms with E-state index in [-0.39, 0.29) is 42.1 Å². The van der Waals surface area contributed by atoms with Crippen LogP contribution in [0.25, 0.3) is 0 Å². The number of nitrogens with one attached hydrogen (secondary N) is 1. The molecule has 0 bridgehead atoms. The number of nitrogens with zero attached hydrogens (tertiary/aromatic N) is 1. The van der Waals surface area contributed by atoms with E-state index in [1.165, 1.54) is 0 Å². The van der Waals surface area contributed by atoms with E-state index in [0.29, 0.717) is 34.1 Å². The molecular formula is C31H31ClN2O6. The van der Waals surface area contributed by atoms with Crippen LogP contribution in [0.15, 0.2) is 64.9 Å². The standard InChI is InChI=1S/C31H31ClN2O6/c1-6-39-27(36)25-24-22(15-30(4,5)16-23(24)35)34(19-11-8-17(3)9-12-19)31(26(25)28(37)40-7-2)20-14-18(32)10-13-21(20)33-29(31)38/h8-14H,6-7,15-16H2,1-5H3,(H,33,38). The second-order valence-corrected chi connectivity index (χ2v) is 11.4. The fourth-order valence-corrected chi connectivity index (χ4v) is 6.19. The van der Waals surface area contributed by atoms with Gasteiger partial charge in [0.25, 0.3) is 5.91 Å². The van der Waals surface area contributed by atoms with Gasteiger partial charge in [0.1, 0.15) is 0 Å². The topological polar surface area (TPSA) is 102 Å². The third-order valence-electron chi connectivity index (χ3n) is 7.52. The maximum Gasteiger partial charge on any atom is 0.339 e. The number of ketones is 1. The van der Waals surface area contributed by atoms with Crippen LogP contribution in [0, 0.1) is 12.3 Å². The lowest BCUT2D eigenvalue weighted by molar-refractivity contribution is -0.143. The summed E-state index contributed by atoms with van der Waals surface area (Å²) >= 11 is 6.48. The fourth-order valence-electron chi connectivity index (χ4n) is 6.02. The number of aryl methyl sites for hydroxylation is 1. The number of allylic oxidation sites excluding steroid dienone is 1. The molecule has 208 valence electrons. The van der Waals surface area contributed by atoms with Gasteiger partial charge in [-0.05, 0) is 62.9 Å². The van der Waals surface area contributed by atoms with Gasteiger partial charge in [0.2, 0.25) is 0 Å². The summed E-state index contributed by atoms with van der Waals surface area (Å²) in [5, 5.41) is 3.23. The fraction of sp³-hybridized carbons (Fsp3) is 0.355. The van der Waals surface area contributed by atoms with E-state index in [9.17, 15) is 19.2 Å². The van der Waals surface area contributed by atoms with Gasteiger partial charge < -0.3 is 19.7 Å². The Hall–Kier alpha value is -3.91. The number of esters is 2. The quantitative estimate of drug-likeness (QED) is 0.488. The minimum Gasteiger partial charge on any atom is -0.463 e. The number of anilines is 2. The number of hydrogen-bond donors (Lipinski definition) is 1. The molecule has 0 saturated heterocycles. The first-order chi connectivity index (χ1) is 19.0. The minimum atomic E-state index is -1.91. The Balaban J connectivity index is 2.01. The maximum absolute atomic E-state index is 14.4.